The molecule has 0 aromatic rings. The second-order valence-corrected chi connectivity index (χ2v) is 3.95. The van der Waals surface area contributed by atoms with Crippen LogP contribution in [0.15, 0.2) is 0 Å². The first-order chi connectivity index (χ1) is 7.79. The first-order valence-electron chi connectivity index (χ1n) is 5.62. The van der Waals surface area contributed by atoms with E-state index < -0.39 is 0 Å². The number of aliphatic hydroxyl groups is 2. The Hall–Kier alpha value is -0.240. The van der Waals surface area contributed by atoms with Crippen LogP contribution in [0.2, 0.25) is 0 Å². The molecule has 6 nitrogen and oxygen atoms in total. The highest BCUT2D eigenvalue weighted by Crippen LogP contribution is 2.30. The molecule has 16 heavy (non-hydrogen) atoms. The van der Waals surface area contributed by atoms with Gasteiger partial charge in [-0.1, -0.05) is 6.92 Å². The monoisotopic (exact) mass is 234 g/mol. The summed E-state index contributed by atoms with van der Waals surface area (Å²) < 4.78 is 10.7. The molecule has 0 aliphatic carbocycles. The molecule has 2 aliphatic rings. The van der Waals surface area contributed by atoms with Crippen LogP contribution < -0.4 is 5.32 Å². The van der Waals surface area contributed by atoms with Gasteiger partial charge in [-0.2, -0.15) is 0 Å². The Kier molecular flexibility index (Phi) is 6.18. The fourth-order valence-electron chi connectivity index (χ4n) is 1.81. The van der Waals surface area contributed by atoms with Gasteiger partial charge >= 0.3 is 0 Å². The maximum atomic E-state index is 8.02. The van der Waals surface area contributed by atoms with E-state index in [1.54, 1.807) is 0 Å². The first kappa shape index (κ1) is 13.8. The third kappa shape index (κ3) is 3.38. The zero-order chi connectivity index (χ0) is 11.9. The van der Waals surface area contributed by atoms with Crippen LogP contribution in [0.4, 0.5) is 0 Å². The van der Waals surface area contributed by atoms with Crippen LogP contribution in [-0.2, 0) is 9.47 Å². The first-order valence-corrected chi connectivity index (χ1v) is 5.62. The Morgan fingerprint density at radius 1 is 1.25 bits per heavy atom. The summed E-state index contributed by atoms with van der Waals surface area (Å²) in [7, 11) is 0. The molecule has 0 saturated carbocycles. The Balaban J connectivity index is 0.000000187. The zero-order valence-corrected chi connectivity index (χ0v) is 9.81. The molecule has 3 N–H and O–H groups in total. The van der Waals surface area contributed by atoms with E-state index in [9.17, 15) is 0 Å². The highest BCUT2D eigenvalue weighted by atomic mass is 16.6. The molecule has 0 aromatic carbocycles. The molecular formula is C10H22N2O4. The van der Waals surface area contributed by atoms with Crippen molar-refractivity contribution in [3.05, 3.63) is 0 Å². The van der Waals surface area contributed by atoms with Crippen molar-refractivity contribution in [1.29, 1.82) is 0 Å². The van der Waals surface area contributed by atoms with Gasteiger partial charge in [0.05, 0.1) is 32.1 Å². The standard InChI is InChI=1S/C7H13NO2.C3H9NO2/c1-2-7-3-9-5-8(7)6-10-4-7;5-2-1-4-3-6/h2-6H2,1H3;4-6H,1-3H2. The van der Waals surface area contributed by atoms with Gasteiger partial charge in [0.2, 0.25) is 0 Å². The number of fused-ring (bicyclic) bond motifs is 1. The fraction of sp³-hybridized carbons (Fsp3) is 1.00. The lowest BCUT2D eigenvalue weighted by Gasteiger charge is -2.24. The predicted molar refractivity (Wildman–Crippen MR) is 58.7 cm³/mol. The minimum Gasteiger partial charge on any atom is -0.395 e. The van der Waals surface area contributed by atoms with Crippen molar-refractivity contribution < 1.29 is 19.7 Å². The Morgan fingerprint density at radius 2 is 1.88 bits per heavy atom. The molecule has 96 valence electrons. The SMILES string of the molecule is CCC12COCN1COC2.OCCNCO. The van der Waals surface area contributed by atoms with Crippen molar-refractivity contribution >= 4 is 0 Å². The number of nitrogens with one attached hydrogen (secondary N) is 1. The minimum absolute atomic E-state index is 0.0550. The highest BCUT2D eigenvalue weighted by molar-refractivity contribution is 4.94. The largest absolute Gasteiger partial charge is 0.395 e. The van der Waals surface area contributed by atoms with Gasteiger partial charge in [0, 0.05) is 6.54 Å². The van der Waals surface area contributed by atoms with Gasteiger partial charge in [-0.25, -0.2) is 4.90 Å². The molecule has 2 rings (SSSR count). The number of hydrogen-bond acceptors (Lipinski definition) is 6. The summed E-state index contributed by atoms with van der Waals surface area (Å²) in [4.78, 5) is 2.27. The number of nitrogens with zero attached hydrogens (tertiary/aromatic N) is 1. The van der Waals surface area contributed by atoms with E-state index in [-0.39, 0.29) is 18.9 Å². The van der Waals surface area contributed by atoms with E-state index in [0.717, 1.165) is 33.1 Å². The zero-order valence-electron chi connectivity index (χ0n) is 9.81. The second-order valence-electron chi connectivity index (χ2n) is 3.95. The van der Waals surface area contributed by atoms with Gasteiger partial charge in [-0.05, 0) is 6.42 Å². The van der Waals surface area contributed by atoms with E-state index >= 15 is 0 Å². The molecule has 0 radical (unpaired) electrons. The van der Waals surface area contributed by atoms with Gasteiger partial charge in [0.25, 0.3) is 0 Å². The van der Waals surface area contributed by atoms with Crippen LogP contribution in [0.1, 0.15) is 13.3 Å². The average molecular weight is 234 g/mol. The maximum Gasteiger partial charge on any atom is 0.101 e. The lowest BCUT2D eigenvalue weighted by Crippen LogP contribution is -2.42. The summed E-state index contributed by atoms with van der Waals surface area (Å²) in [5, 5.41) is 18.5. The van der Waals surface area contributed by atoms with Crippen LogP contribution >= 0.6 is 0 Å². The van der Waals surface area contributed by atoms with Gasteiger partial charge in [0.15, 0.2) is 0 Å². The van der Waals surface area contributed by atoms with Gasteiger partial charge < -0.3 is 19.7 Å². The molecule has 0 aromatic heterocycles. The fourth-order valence-corrected chi connectivity index (χ4v) is 1.81. The van der Waals surface area contributed by atoms with Crippen LogP contribution in [0.3, 0.4) is 0 Å². The van der Waals surface area contributed by atoms with Crippen molar-refractivity contribution in [3.63, 3.8) is 0 Å². The third-order valence-corrected chi connectivity index (χ3v) is 2.97. The Labute approximate surface area is 96.1 Å². The summed E-state index contributed by atoms with van der Waals surface area (Å²) in [6.07, 6.45) is 1.13. The third-order valence-electron chi connectivity index (χ3n) is 2.97. The van der Waals surface area contributed by atoms with E-state index in [4.69, 9.17) is 19.7 Å². The van der Waals surface area contributed by atoms with Crippen molar-refractivity contribution in [2.24, 2.45) is 0 Å². The summed E-state index contributed by atoms with van der Waals surface area (Å²) in [5.74, 6) is 0. The average Bonchev–Trinajstić information content (AvgIpc) is 2.86. The predicted octanol–water partition coefficient (Wildman–Crippen LogP) is -1.07. The van der Waals surface area contributed by atoms with Crippen molar-refractivity contribution in [1.82, 2.24) is 10.2 Å². The second kappa shape index (κ2) is 7.16. The highest BCUT2D eigenvalue weighted by Gasteiger charge is 2.44. The summed E-state index contributed by atoms with van der Waals surface area (Å²) in [6.45, 7) is 5.91. The Morgan fingerprint density at radius 3 is 2.19 bits per heavy atom. The lowest BCUT2D eigenvalue weighted by molar-refractivity contribution is 0.0695. The molecule has 0 spiro atoms. The number of rotatable bonds is 4. The molecule has 0 unspecified atom stereocenters. The normalized spacial score (nSPS) is 22.7. The van der Waals surface area contributed by atoms with Crippen LogP contribution in [-0.4, -0.2) is 67.2 Å². The molecule has 2 saturated heterocycles. The molecule has 2 aliphatic heterocycles. The van der Waals surface area contributed by atoms with Crippen LogP contribution in [0.5, 0.6) is 0 Å². The summed E-state index contributed by atoms with van der Waals surface area (Å²) >= 11 is 0. The molecule has 0 amide bonds. The smallest absolute Gasteiger partial charge is 0.101 e. The van der Waals surface area contributed by atoms with Gasteiger partial charge in [-0.3, -0.25) is 5.32 Å². The number of hydrogen-bond donors (Lipinski definition) is 3. The molecule has 2 heterocycles. The van der Waals surface area contributed by atoms with Crippen LogP contribution in [0, 0.1) is 0 Å². The lowest BCUT2D eigenvalue weighted by atomic mass is 9.99. The van der Waals surface area contributed by atoms with Gasteiger partial charge in [0.1, 0.15) is 13.5 Å². The molecule has 2 fully saturated rings. The van der Waals surface area contributed by atoms with Crippen molar-refractivity contribution in [3.8, 4) is 0 Å². The maximum absolute atomic E-state index is 8.02. The van der Waals surface area contributed by atoms with Crippen molar-refractivity contribution in [2.75, 3.05) is 46.6 Å². The van der Waals surface area contributed by atoms with E-state index in [1.165, 1.54) is 0 Å². The summed E-state index contributed by atoms with van der Waals surface area (Å²) in [5.41, 5.74) is 0.236. The van der Waals surface area contributed by atoms with Crippen LogP contribution in [0.25, 0.3) is 0 Å². The molecule has 6 heteroatoms. The summed E-state index contributed by atoms with van der Waals surface area (Å²) in [6, 6.07) is 0. The Bertz CT molecular complexity index is 178. The quantitative estimate of drug-likeness (QED) is 0.425. The molecule has 0 bridgehead atoms. The van der Waals surface area contributed by atoms with E-state index in [2.05, 4.69) is 17.1 Å². The minimum atomic E-state index is -0.0550. The number of ether oxygens (including phenoxy) is 2. The molecular weight excluding hydrogens is 212 g/mol. The molecule has 0 atom stereocenters. The van der Waals surface area contributed by atoms with Gasteiger partial charge in [-0.15, -0.1) is 0 Å². The van der Waals surface area contributed by atoms with Crippen molar-refractivity contribution in [2.45, 2.75) is 18.9 Å². The number of aliphatic hydroxyl groups excluding tert-OH is 2. The van der Waals surface area contributed by atoms with E-state index in [1.807, 2.05) is 0 Å². The topological polar surface area (TPSA) is 74.2 Å². The van der Waals surface area contributed by atoms with E-state index in [0.29, 0.717) is 6.54 Å².